The molecule has 1 aliphatic rings. The monoisotopic (exact) mass is 489 g/mol. The van der Waals surface area contributed by atoms with Crippen LogP contribution in [0.5, 0.6) is 5.75 Å². The van der Waals surface area contributed by atoms with Gasteiger partial charge in [0.25, 0.3) is 5.91 Å². The minimum Gasteiger partial charge on any atom is -0.491 e. The first-order chi connectivity index (χ1) is 12.4. The number of amides is 1. The Morgan fingerprint density at radius 3 is 2.46 bits per heavy atom. The first-order valence-corrected chi connectivity index (χ1v) is 10.1. The topological polar surface area (TPSA) is 94.7 Å². The van der Waals surface area contributed by atoms with Gasteiger partial charge in [0.05, 0.1) is 15.6 Å². The molecule has 0 aliphatic carbocycles. The molecular formula is C17H25Br2N5O2. The summed E-state index contributed by atoms with van der Waals surface area (Å²) < 4.78 is 7.27. The summed E-state index contributed by atoms with van der Waals surface area (Å²) in [5.41, 5.74) is 9.18. The minimum atomic E-state index is -0.356. The van der Waals surface area contributed by atoms with E-state index in [1.807, 2.05) is 17.1 Å². The fourth-order valence-electron chi connectivity index (χ4n) is 2.52. The summed E-state index contributed by atoms with van der Waals surface area (Å²) >= 11 is 6.98. The largest absolute Gasteiger partial charge is 0.491 e. The third-order valence-electron chi connectivity index (χ3n) is 4.07. The zero-order chi connectivity index (χ0) is 19.1. The molecule has 0 unspecified atom stereocenters. The molecule has 0 bridgehead atoms. The molecule has 1 amide bonds. The SMILES string of the molecule is CN1CCN(NC(=O)C(=N)Cc2cc(Br)c(OCCCN)c(Br)c2)CC1. The molecule has 0 aromatic heterocycles. The van der Waals surface area contributed by atoms with Crippen LogP contribution in [0.3, 0.4) is 0 Å². The Bertz CT molecular complexity index is 625. The third-order valence-corrected chi connectivity index (χ3v) is 5.25. The predicted molar refractivity (Wildman–Crippen MR) is 110 cm³/mol. The van der Waals surface area contributed by atoms with E-state index < -0.39 is 0 Å². The number of nitrogens with two attached hydrogens (primary N) is 1. The van der Waals surface area contributed by atoms with Crippen LogP contribution in [-0.4, -0.2) is 67.9 Å². The molecule has 7 nitrogen and oxygen atoms in total. The maximum atomic E-state index is 12.3. The van der Waals surface area contributed by atoms with E-state index in [-0.39, 0.29) is 18.0 Å². The molecule has 144 valence electrons. The molecule has 1 aliphatic heterocycles. The normalized spacial score (nSPS) is 15.7. The van der Waals surface area contributed by atoms with Gasteiger partial charge in [-0.2, -0.15) is 0 Å². The average molecular weight is 491 g/mol. The van der Waals surface area contributed by atoms with Gasteiger partial charge in [-0.3, -0.25) is 15.6 Å². The molecule has 2 rings (SSSR count). The van der Waals surface area contributed by atoms with Gasteiger partial charge in [-0.1, -0.05) is 0 Å². The number of carbonyl (C=O) groups is 1. The van der Waals surface area contributed by atoms with Gasteiger partial charge in [0.15, 0.2) is 0 Å². The van der Waals surface area contributed by atoms with Crippen molar-refractivity contribution in [2.24, 2.45) is 5.73 Å². The van der Waals surface area contributed by atoms with Crippen LogP contribution in [0, 0.1) is 5.41 Å². The lowest BCUT2D eigenvalue weighted by atomic mass is 10.1. The standard InChI is InChI=1S/C17H25Br2N5O2/c1-23-4-6-24(7-5-23)22-17(25)15(21)11-12-9-13(18)16(14(19)10-12)26-8-2-3-20/h9-10,21H,2-8,11,20H2,1H3,(H,22,25). The Kier molecular flexibility index (Phi) is 8.49. The summed E-state index contributed by atoms with van der Waals surface area (Å²) in [6.07, 6.45) is 1.03. The fraction of sp³-hybridized carbons (Fsp3) is 0.529. The van der Waals surface area contributed by atoms with Crippen LogP contribution in [0.25, 0.3) is 0 Å². The highest BCUT2D eigenvalue weighted by Gasteiger charge is 2.19. The van der Waals surface area contributed by atoms with Crippen molar-refractivity contribution < 1.29 is 9.53 Å². The number of hydrazine groups is 1. The minimum absolute atomic E-state index is 0.0273. The molecule has 1 aromatic rings. The summed E-state index contributed by atoms with van der Waals surface area (Å²) in [4.78, 5) is 14.5. The van der Waals surface area contributed by atoms with E-state index in [1.165, 1.54) is 0 Å². The van der Waals surface area contributed by atoms with Crippen molar-refractivity contribution in [2.75, 3.05) is 46.4 Å². The van der Waals surface area contributed by atoms with Crippen LogP contribution in [0.2, 0.25) is 0 Å². The maximum absolute atomic E-state index is 12.3. The van der Waals surface area contributed by atoms with Crippen molar-refractivity contribution in [2.45, 2.75) is 12.8 Å². The van der Waals surface area contributed by atoms with Gasteiger partial charge >= 0.3 is 0 Å². The van der Waals surface area contributed by atoms with E-state index >= 15 is 0 Å². The maximum Gasteiger partial charge on any atom is 0.279 e. The molecule has 4 N–H and O–H groups in total. The molecule has 0 saturated carbocycles. The second kappa shape index (κ2) is 10.4. The number of nitrogens with one attached hydrogen (secondary N) is 2. The summed E-state index contributed by atoms with van der Waals surface area (Å²) in [7, 11) is 2.06. The Hall–Kier alpha value is -1.00. The van der Waals surface area contributed by atoms with Gasteiger partial charge in [0.1, 0.15) is 11.5 Å². The van der Waals surface area contributed by atoms with E-state index in [0.29, 0.717) is 18.9 Å². The Balaban J connectivity index is 1.92. The van der Waals surface area contributed by atoms with Crippen molar-refractivity contribution in [3.8, 4) is 5.75 Å². The second-order valence-corrected chi connectivity index (χ2v) is 7.97. The first kappa shape index (κ1) is 21.3. The highest BCUT2D eigenvalue weighted by atomic mass is 79.9. The van der Waals surface area contributed by atoms with Gasteiger partial charge in [0, 0.05) is 32.6 Å². The van der Waals surface area contributed by atoms with E-state index in [1.54, 1.807) is 0 Å². The number of hydrogen-bond donors (Lipinski definition) is 3. The Morgan fingerprint density at radius 1 is 1.27 bits per heavy atom. The number of carbonyl (C=O) groups excluding carboxylic acids is 1. The lowest BCUT2D eigenvalue weighted by molar-refractivity contribution is -0.120. The molecule has 9 heteroatoms. The van der Waals surface area contributed by atoms with E-state index in [9.17, 15) is 4.79 Å². The first-order valence-electron chi connectivity index (χ1n) is 8.53. The summed E-state index contributed by atoms with van der Waals surface area (Å²) in [6, 6.07) is 3.75. The van der Waals surface area contributed by atoms with Gasteiger partial charge in [-0.25, -0.2) is 5.01 Å². The highest BCUT2D eigenvalue weighted by molar-refractivity contribution is 9.11. The van der Waals surface area contributed by atoms with Gasteiger partial charge in [-0.15, -0.1) is 0 Å². The van der Waals surface area contributed by atoms with E-state index in [0.717, 1.165) is 47.1 Å². The number of ether oxygens (including phenoxy) is 1. The van der Waals surface area contributed by atoms with Crippen molar-refractivity contribution in [1.82, 2.24) is 15.3 Å². The van der Waals surface area contributed by atoms with Crippen LogP contribution in [0.4, 0.5) is 0 Å². The summed E-state index contributed by atoms with van der Waals surface area (Å²) in [5, 5.41) is 9.97. The molecule has 1 heterocycles. The van der Waals surface area contributed by atoms with Gasteiger partial charge in [-0.05, 0) is 69.6 Å². The number of nitrogens with zero attached hydrogens (tertiary/aromatic N) is 2. The predicted octanol–water partition coefficient (Wildman–Crippen LogP) is 1.78. The van der Waals surface area contributed by atoms with Crippen LogP contribution in [-0.2, 0) is 11.2 Å². The van der Waals surface area contributed by atoms with Gasteiger partial charge < -0.3 is 15.4 Å². The highest BCUT2D eigenvalue weighted by Crippen LogP contribution is 2.35. The number of piperazine rings is 1. The lowest BCUT2D eigenvalue weighted by Gasteiger charge is -2.32. The van der Waals surface area contributed by atoms with Crippen LogP contribution in [0.1, 0.15) is 12.0 Å². The molecule has 26 heavy (non-hydrogen) atoms. The van der Waals surface area contributed by atoms with Crippen LogP contribution >= 0.6 is 31.9 Å². The van der Waals surface area contributed by atoms with Crippen LogP contribution in [0.15, 0.2) is 21.1 Å². The van der Waals surface area contributed by atoms with E-state index in [4.69, 9.17) is 15.9 Å². The lowest BCUT2D eigenvalue weighted by Crippen LogP contribution is -2.54. The number of rotatable bonds is 8. The number of likely N-dealkylation sites (N-methyl/N-ethyl adjacent to an activating group) is 1. The smallest absolute Gasteiger partial charge is 0.279 e. The van der Waals surface area contributed by atoms with Crippen molar-refractivity contribution in [3.05, 3.63) is 26.6 Å². The van der Waals surface area contributed by atoms with Crippen molar-refractivity contribution >= 4 is 43.5 Å². The fourth-order valence-corrected chi connectivity index (χ4v) is 4.03. The molecule has 1 saturated heterocycles. The molecule has 0 atom stereocenters. The molecular weight excluding hydrogens is 466 g/mol. The number of hydrogen-bond acceptors (Lipinski definition) is 6. The molecule has 0 spiro atoms. The van der Waals surface area contributed by atoms with Crippen LogP contribution < -0.4 is 15.9 Å². The second-order valence-electron chi connectivity index (χ2n) is 6.27. The van der Waals surface area contributed by atoms with Crippen molar-refractivity contribution in [3.63, 3.8) is 0 Å². The summed E-state index contributed by atoms with van der Waals surface area (Å²) in [6.45, 7) is 4.45. The third kappa shape index (κ3) is 6.31. The number of benzene rings is 1. The summed E-state index contributed by atoms with van der Waals surface area (Å²) in [5.74, 6) is 0.348. The quantitative estimate of drug-likeness (QED) is 0.381. The number of halogens is 2. The molecule has 1 aromatic carbocycles. The van der Waals surface area contributed by atoms with E-state index in [2.05, 4.69) is 49.2 Å². The molecule has 0 radical (unpaired) electrons. The Morgan fingerprint density at radius 2 is 1.88 bits per heavy atom. The zero-order valence-electron chi connectivity index (χ0n) is 14.9. The average Bonchev–Trinajstić information content (AvgIpc) is 2.59. The van der Waals surface area contributed by atoms with Gasteiger partial charge in [0.2, 0.25) is 0 Å². The zero-order valence-corrected chi connectivity index (χ0v) is 18.0. The molecule has 1 fully saturated rings. The Labute approximate surface area is 171 Å². The van der Waals surface area contributed by atoms with Crippen molar-refractivity contribution in [1.29, 1.82) is 5.41 Å².